The first-order chi connectivity index (χ1) is 12.5. The van der Waals surface area contributed by atoms with E-state index in [9.17, 15) is 9.59 Å². The second-order valence-corrected chi connectivity index (χ2v) is 5.84. The van der Waals surface area contributed by atoms with E-state index in [4.69, 9.17) is 9.47 Å². The van der Waals surface area contributed by atoms with E-state index in [2.05, 4.69) is 5.32 Å². The molecule has 1 N–H and O–H groups in total. The highest BCUT2D eigenvalue weighted by atomic mass is 16.5. The summed E-state index contributed by atoms with van der Waals surface area (Å²) in [5.41, 5.74) is 1.52. The van der Waals surface area contributed by atoms with Crippen LogP contribution in [0.3, 0.4) is 0 Å². The Morgan fingerprint density at radius 1 is 0.962 bits per heavy atom. The lowest BCUT2D eigenvalue weighted by Crippen LogP contribution is -2.28. The van der Waals surface area contributed by atoms with Crippen molar-refractivity contribution in [3.63, 3.8) is 0 Å². The van der Waals surface area contributed by atoms with Gasteiger partial charge in [0.05, 0.1) is 6.61 Å². The van der Waals surface area contributed by atoms with Crippen molar-refractivity contribution >= 4 is 11.8 Å². The number of carbonyl (C=O) groups excluding carboxylic acids is 2. The average Bonchev–Trinajstić information content (AvgIpc) is 2.65. The Labute approximate surface area is 153 Å². The Kier molecular flexibility index (Phi) is 7.02. The molecule has 2 amide bonds. The predicted octanol–water partition coefficient (Wildman–Crippen LogP) is 2.48. The lowest BCUT2D eigenvalue weighted by Gasteiger charge is -2.12. The number of rotatable bonds is 8. The maximum absolute atomic E-state index is 12.0. The molecule has 26 heavy (non-hydrogen) atoms. The van der Waals surface area contributed by atoms with Crippen LogP contribution in [0.2, 0.25) is 0 Å². The standard InChI is InChI=1S/C20H24N2O4/c1-4-25-17-7-5-6-8-18(17)26-14-19(23)21-13-15-9-11-16(12-10-15)20(24)22(2)3/h5-12H,4,13-14H2,1-3H3,(H,21,23). The Balaban J connectivity index is 1.83. The molecule has 2 aromatic carbocycles. The maximum Gasteiger partial charge on any atom is 0.258 e. The Morgan fingerprint density at radius 3 is 2.15 bits per heavy atom. The minimum absolute atomic E-state index is 0.0538. The van der Waals surface area contributed by atoms with Gasteiger partial charge in [-0.2, -0.15) is 0 Å². The van der Waals surface area contributed by atoms with Gasteiger partial charge < -0.3 is 19.7 Å². The molecule has 0 aromatic heterocycles. The number of ether oxygens (including phenoxy) is 2. The largest absolute Gasteiger partial charge is 0.490 e. The first kappa shape index (κ1) is 19.3. The summed E-state index contributed by atoms with van der Waals surface area (Å²) in [7, 11) is 3.42. The predicted molar refractivity (Wildman–Crippen MR) is 99.4 cm³/mol. The zero-order valence-corrected chi connectivity index (χ0v) is 15.3. The zero-order chi connectivity index (χ0) is 18.9. The highest BCUT2D eigenvalue weighted by molar-refractivity contribution is 5.93. The molecule has 0 aliphatic heterocycles. The molecule has 0 atom stereocenters. The molecular formula is C20H24N2O4. The first-order valence-corrected chi connectivity index (χ1v) is 8.43. The molecular weight excluding hydrogens is 332 g/mol. The summed E-state index contributed by atoms with van der Waals surface area (Å²) in [6, 6.07) is 14.4. The average molecular weight is 356 g/mol. The number of para-hydroxylation sites is 2. The molecule has 138 valence electrons. The van der Waals surface area contributed by atoms with Crippen molar-refractivity contribution in [2.75, 3.05) is 27.3 Å². The minimum atomic E-state index is -0.232. The molecule has 6 nitrogen and oxygen atoms in total. The van der Waals surface area contributed by atoms with Crippen molar-refractivity contribution in [2.24, 2.45) is 0 Å². The highest BCUT2D eigenvalue weighted by Crippen LogP contribution is 2.26. The third kappa shape index (κ3) is 5.51. The molecule has 0 radical (unpaired) electrons. The van der Waals surface area contributed by atoms with E-state index in [0.717, 1.165) is 5.56 Å². The third-order valence-corrected chi connectivity index (χ3v) is 3.60. The smallest absolute Gasteiger partial charge is 0.258 e. The highest BCUT2D eigenvalue weighted by Gasteiger charge is 2.09. The van der Waals surface area contributed by atoms with E-state index >= 15 is 0 Å². The van der Waals surface area contributed by atoms with Gasteiger partial charge >= 0.3 is 0 Å². The van der Waals surface area contributed by atoms with Crippen molar-refractivity contribution < 1.29 is 19.1 Å². The molecule has 6 heteroatoms. The Hall–Kier alpha value is -3.02. The SMILES string of the molecule is CCOc1ccccc1OCC(=O)NCc1ccc(C(=O)N(C)C)cc1. The molecule has 0 aliphatic carbocycles. The Morgan fingerprint density at radius 2 is 1.58 bits per heavy atom. The van der Waals surface area contributed by atoms with Gasteiger partial charge in [-0.3, -0.25) is 9.59 Å². The summed E-state index contributed by atoms with van der Waals surface area (Å²) in [4.78, 5) is 25.4. The van der Waals surface area contributed by atoms with Crippen molar-refractivity contribution in [2.45, 2.75) is 13.5 Å². The van der Waals surface area contributed by atoms with Crippen LogP contribution in [-0.4, -0.2) is 44.0 Å². The lowest BCUT2D eigenvalue weighted by molar-refractivity contribution is -0.123. The molecule has 0 aliphatic rings. The van der Waals surface area contributed by atoms with Crippen LogP contribution in [0.4, 0.5) is 0 Å². The number of nitrogens with one attached hydrogen (secondary N) is 1. The van der Waals surface area contributed by atoms with Crippen LogP contribution < -0.4 is 14.8 Å². The van der Waals surface area contributed by atoms with E-state index in [1.54, 1.807) is 38.4 Å². The van der Waals surface area contributed by atoms with Crippen LogP contribution in [0, 0.1) is 0 Å². The van der Waals surface area contributed by atoms with Gasteiger partial charge in [-0.1, -0.05) is 24.3 Å². The normalized spacial score (nSPS) is 10.1. The molecule has 0 fully saturated rings. The summed E-state index contributed by atoms with van der Waals surface area (Å²) in [6.45, 7) is 2.69. The molecule has 0 saturated carbocycles. The molecule has 0 heterocycles. The van der Waals surface area contributed by atoms with Crippen LogP contribution in [0.15, 0.2) is 48.5 Å². The Bertz CT molecular complexity index is 742. The van der Waals surface area contributed by atoms with E-state index in [1.807, 2.05) is 31.2 Å². The van der Waals surface area contributed by atoms with Gasteiger partial charge in [0.25, 0.3) is 11.8 Å². The number of carbonyl (C=O) groups is 2. The fraction of sp³-hybridized carbons (Fsp3) is 0.300. The van der Waals surface area contributed by atoms with E-state index in [-0.39, 0.29) is 18.4 Å². The summed E-state index contributed by atoms with van der Waals surface area (Å²) in [5.74, 6) is 0.867. The molecule has 0 bridgehead atoms. The van der Waals surface area contributed by atoms with Crippen LogP contribution in [0.1, 0.15) is 22.8 Å². The summed E-state index contributed by atoms with van der Waals surface area (Å²) < 4.78 is 11.0. The molecule has 2 rings (SSSR count). The second kappa shape index (κ2) is 9.46. The van der Waals surface area contributed by atoms with Gasteiger partial charge in [0.15, 0.2) is 18.1 Å². The fourth-order valence-electron chi connectivity index (χ4n) is 2.26. The van der Waals surface area contributed by atoms with Gasteiger partial charge in [-0.25, -0.2) is 0 Å². The number of amides is 2. The van der Waals surface area contributed by atoms with Gasteiger partial charge in [0.2, 0.25) is 0 Å². The second-order valence-electron chi connectivity index (χ2n) is 5.84. The van der Waals surface area contributed by atoms with E-state index in [0.29, 0.717) is 30.2 Å². The number of hydrogen-bond donors (Lipinski definition) is 1. The van der Waals surface area contributed by atoms with E-state index < -0.39 is 0 Å². The molecule has 0 spiro atoms. The van der Waals surface area contributed by atoms with Gasteiger partial charge in [0.1, 0.15) is 0 Å². The minimum Gasteiger partial charge on any atom is -0.490 e. The van der Waals surface area contributed by atoms with Crippen molar-refractivity contribution in [3.8, 4) is 11.5 Å². The van der Waals surface area contributed by atoms with Crippen molar-refractivity contribution in [3.05, 3.63) is 59.7 Å². The zero-order valence-electron chi connectivity index (χ0n) is 15.3. The van der Waals surface area contributed by atoms with Crippen LogP contribution in [0.25, 0.3) is 0 Å². The van der Waals surface area contributed by atoms with Crippen LogP contribution >= 0.6 is 0 Å². The first-order valence-electron chi connectivity index (χ1n) is 8.43. The summed E-state index contributed by atoms with van der Waals surface area (Å²) in [5, 5.41) is 2.79. The maximum atomic E-state index is 12.0. The topological polar surface area (TPSA) is 67.9 Å². The fourth-order valence-corrected chi connectivity index (χ4v) is 2.26. The van der Waals surface area contributed by atoms with Crippen molar-refractivity contribution in [1.29, 1.82) is 0 Å². The summed E-state index contributed by atoms with van der Waals surface area (Å²) in [6.07, 6.45) is 0. The van der Waals surface area contributed by atoms with Crippen LogP contribution in [0.5, 0.6) is 11.5 Å². The van der Waals surface area contributed by atoms with Gasteiger partial charge in [0, 0.05) is 26.2 Å². The van der Waals surface area contributed by atoms with Gasteiger partial charge in [-0.05, 0) is 36.8 Å². The molecule has 0 saturated heterocycles. The summed E-state index contributed by atoms with van der Waals surface area (Å²) >= 11 is 0. The van der Waals surface area contributed by atoms with Gasteiger partial charge in [-0.15, -0.1) is 0 Å². The number of nitrogens with zero attached hydrogens (tertiary/aromatic N) is 1. The van der Waals surface area contributed by atoms with Crippen molar-refractivity contribution in [1.82, 2.24) is 10.2 Å². The number of hydrogen-bond acceptors (Lipinski definition) is 4. The molecule has 2 aromatic rings. The monoisotopic (exact) mass is 356 g/mol. The number of benzene rings is 2. The lowest BCUT2D eigenvalue weighted by atomic mass is 10.1. The van der Waals surface area contributed by atoms with E-state index in [1.165, 1.54) is 4.90 Å². The molecule has 0 unspecified atom stereocenters. The third-order valence-electron chi connectivity index (χ3n) is 3.60. The van der Waals surface area contributed by atoms with Crippen LogP contribution in [-0.2, 0) is 11.3 Å². The quantitative estimate of drug-likeness (QED) is 0.789.